The van der Waals surface area contributed by atoms with Crippen LogP contribution in [0.25, 0.3) is 10.9 Å². The number of fused-ring (bicyclic) bond motifs is 1. The second-order valence-electron chi connectivity index (χ2n) is 4.29. The predicted molar refractivity (Wildman–Crippen MR) is 71.5 cm³/mol. The molecule has 2 rings (SSSR count). The van der Waals surface area contributed by atoms with Crippen LogP contribution in [-0.2, 0) is 9.53 Å². The first-order valence-electron chi connectivity index (χ1n) is 6.05. The fourth-order valence-electron chi connectivity index (χ4n) is 1.87. The molecule has 0 saturated heterocycles. The molecule has 1 amide bonds. The van der Waals surface area contributed by atoms with E-state index in [0.717, 1.165) is 10.9 Å². The Balaban J connectivity index is 2.22. The van der Waals surface area contributed by atoms with E-state index < -0.39 is 5.97 Å². The summed E-state index contributed by atoms with van der Waals surface area (Å²) in [5, 5.41) is 16.4. The molecule has 0 aliphatic rings. The first kappa shape index (κ1) is 14.0. The predicted octanol–water partition coefficient (Wildman–Crippen LogP) is 0.736. The van der Waals surface area contributed by atoms with Gasteiger partial charge in [0.2, 0.25) is 0 Å². The molecular formula is C13H15N3O4. The first-order valence-corrected chi connectivity index (χ1v) is 6.05. The Morgan fingerprint density at radius 1 is 1.45 bits per heavy atom. The van der Waals surface area contributed by atoms with Gasteiger partial charge in [-0.2, -0.15) is 5.10 Å². The SMILES string of the molecule is COCCN(CC(=O)O)C(=O)c1ccc2cn[nH]c2c1. The molecule has 2 N–H and O–H groups in total. The smallest absolute Gasteiger partial charge is 0.323 e. The quantitative estimate of drug-likeness (QED) is 0.811. The fourth-order valence-corrected chi connectivity index (χ4v) is 1.87. The highest BCUT2D eigenvalue weighted by Crippen LogP contribution is 2.14. The van der Waals surface area contributed by atoms with Gasteiger partial charge in [-0.1, -0.05) is 6.07 Å². The Morgan fingerprint density at radius 2 is 2.25 bits per heavy atom. The van der Waals surface area contributed by atoms with E-state index in [1.807, 2.05) is 0 Å². The van der Waals surface area contributed by atoms with Gasteiger partial charge in [-0.05, 0) is 12.1 Å². The maximum absolute atomic E-state index is 12.3. The number of carboxylic acids is 1. The van der Waals surface area contributed by atoms with Crippen LogP contribution in [0.15, 0.2) is 24.4 Å². The molecule has 0 aliphatic carbocycles. The van der Waals surface area contributed by atoms with E-state index in [2.05, 4.69) is 10.2 Å². The van der Waals surface area contributed by atoms with E-state index in [1.54, 1.807) is 24.4 Å². The molecule has 0 aliphatic heterocycles. The van der Waals surface area contributed by atoms with E-state index >= 15 is 0 Å². The summed E-state index contributed by atoms with van der Waals surface area (Å²) < 4.78 is 4.89. The number of amides is 1. The monoisotopic (exact) mass is 277 g/mol. The molecule has 0 radical (unpaired) electrons. The minimum absolute atomic E-state index is 0.225. The third-order valence-corrected chi connectivity index (χ3v) is 2.87. The molecule has 0 bridgehead atoms. The average molecular weight is 277 g/mol. The molecule has 0 atom stereocenters. The van der Waals surface area contributed by atoms with Crippen molar-refractivity contribution in [1.82, 2.24) is 15.1 Å². The van der Waals surface area contributed by atoms with Gasteiger partial charge in [-0.25, -0.2) is 0 Å². The molecule has 106 valence electrons. The third-order valence-electron chi connectivity index (χ3n) is 2.87. The average Bonchev–Trinajstić information content (AvgIpc) is 2.89. The summed E-state index contributed by atoms with van der Waals surface area (Å²) in [5.41, 5.74) is 1.15. The molecule has 1 aromatic carbocycles. The second-order valence-corrected chi connectivity index (χ2v) is 4.29. The molecular weight excluding hydrogens is 262 g/mol. The molecule has 0 spiro atoms. The van der Waals surface area contributed by atoms with Gasteiger partial charge < -0.3 is 14.7 Å². The fraction of sp³-hybridized carbons (Fsp3) is 0.308. The lowest BCUT2D eigenvalue weighted by atomic mass is 10.1. The number of H-pyrrole nitrogens is 1. The van der Waals surface area contributed by atoms with Crippen molar-refractivity contribution in [2.75, 3.05) is 26.8 Å². The molecule has 7 nitrogen and oxygen atoms in total. The molecule has 1 aromatic heterocycles. The normalized spacial score (nSPS) is 10.7. The molecule has 20 heavy (non-hydrogen) atoms. The third kappa shape index (κ3) is 3.12. The number of hydrogen-bond donors (Lipinski definition) is 2. The highest BCUT2D eigenvalue weighted by molar-refractivity contribution is 5.98. The van der Waals surface area contributed by atoms with Crippen LogP contribution in [0.3, 0.4) is 0 Å². The molecule has 0 unspecified atom stereocenters. The minimum Gasteiger partial charge on any atom is -0.480 e. The number of benzene rings is 1. The summed E-state index contributed by atoms with van der Waals surface area (Å²) in [6.07, 6.45) is 1.66. The minimum atomic E-state index is -1.06. The number of rotatable bonds is 6. The van der Waals surface area contributed by atoms with Crippen molar-refractivity contribution in [2.45, 2.75) is 0 Å². The van der Waals surface area contributed by atoms with Gasteiger partial charge >= 0.3 is 5.97 Å². The summed E-state index contributed by atoms with van der Waals surface area (Å²) >= 11 is 0. The van der Waals surface area contributed by atoms with Crippen LogP contribution in [0.5, 0.6) is 0 Å². The zero-order valence-electron chi connectivity index (χ0n) is 11.0. The first-order chi connectivity index (χ1) is 9.61. The molecule has 1 heterocycles. The van der Waals surface area contributed by atoms with Gasteiger partial charge in [-0.3, -0.25) is 14.7 Å². The van der Waals surface area contributed by atoms with Gasteiger partial charge in [0.05, 0.1) is 18.3 Å². The molecule has 0 saturated carbocycles. The van der Waals surface area contributed by atoms with Crippen LogP contribution in [0.2, 0.25) is 0 Å². The Labute approximate surface area is 115 Å². The number of methoxy groups -OCH3 is 1. The maximum Gasteiger partial charge on any atom is 0.323 e. The summed E-state index contributed by atoms with van der Waals surface area (Å²) in [7, 11) is 1.50. The van der Waals surface area contributed by atoms with E-state index in [-0.39, 0.29) is 25.6 Å². The number of carbonyl (C=O) groups is 2. The number of hydrogen-bond acceptors (Lipinski definition) is 4. The Hall–Kier alpha value is -2.41. The van der Waals surface area contributed by atoms with Crippen LogP contribution in [0.4, 0.5) is 0 Å². The summed E-state index contributed by atoms with van der Waals surface area (Å²) in [4.78, 5) is 24.4. The summed E-state index contributed by atoms with van der Waals surface area (Å²) in [5.74, 6) is -1.40. The lowest BCUT2D eigenvalue weighted by Crippen LogP contribution is -2.38. The lowest BCUT2D eigenvalue weighted by molar-refractivity contribution is -0.137. The maximum atomic E-state index is 12.3. The van der Waals surface area contributed by atoms with Crippen molar-refractivity contribution in [1.29, 1.82) is 0 Å². The van der Waals surface area contributed by atoms with Gasteiger partial charge in [0.1, 0.15) is 6.54 Å². The number of ether oxygens (including phenoxy) is 1. The van der Waals surface area contributed by atoms with E-state index in [1.165, 1.54) is 12.0 Å². The van der Waals surface area contributed by atoms with Crippen molar-refractivity contribution in [2.24, 2.45) is 0 Å². The van der Waals surface area contributed by atoms with Crippen LogP contribution in [0, 0.1) is 0 Å². The van der Waals surface area contributed by atoms with Crippen molar-refractivity contribution in [3.05, 3.63) is 30.0 Å². The Kier molecular flexibility index (Phi) is 4.31. The van der Waals surface area contributed by atoms with Crippen molar-refractivity contribution in [3.63, 3.8) is 0 Å². The highest BCUT2D eigenvalue weighted by atomic mass is 16.5. The number of nitrogens with zero attached hydrogens (tertiary/aromatic N) is 2. The standard InChI is InChI=1S/C13H15N3O4/c1-20-5-4-16(8-12(17)18)13(19)9-2-3-10-7-14-15-11(10)6-9/h2-3,6-7H,4-5,8H2,1H3,(H,14,15)(H,17,18). The molecule has 7 heteroatoms. The number of carboxylic acid groups (broad SMARTS) is 1. The molecule has 2 aromatic rings. The van der Waals surface area contributed by atoms with Gasteiger partial charge in [0.15, 0.2) is 0 Å². The highest BCUT2D eigenvalue weighted by Gasteiger charge is 2.18. The van der Waals surface area contributed by atoms with Crippen LogP contribution < -0.4 is 0 Å². The number of carbonyl (C=O) groups excluding carboxylic acids is 1. The zero-order chi connectivity index (χ0) is 14.5. The summed E-state index contributed by atoms with van der Waals surface area (Å²) in [6.45, 7) is 0.150. The van der Waals surface area contributed by atoms with E-state index in [9.17, 15) is 9.59 Å². The van der Waals surface area contributed by atoms with Crippen molar-refractivity contribution < 1.29 is 19.4 Å². The second kappa shape index (κ2) is 6.16. The lowest BCUT2D eigenvalue weighted by Gasteiger charge is -2.20. The van der Waals surface area contributed by atoms with Gasteiger partial charge in [-0.15, -0.1) is 0 Å². The van der Waals surface area contributed by atoms with Crippen LogP contribution >= 0.6 is 0 Å². The van der Waals surface area contributed by atoms with Crippen LogP contribution in [0.1, 0.15) is 10.4 Å². The van der Waals surface area contributed by atoms with Crippen molar-refractivity contribution >= 4 is 22.8 Å². The number of aromatic amines is 1. The largest absolute Gasteiger partial charge is 0.480 e. The summed E-state index contributed by atoms with van der Waals surface area (Å²) in [6, 6.07) is 5.08. The topological polar surface area (TPSA) is 95.5 Å². The van der Waals surface area contributed by atoms with Crippen molar-refractivity contribution in [3.8, 4) is 0 Å². The molecule has 0 fully saturated rings. The Bertz CT molecular complexity index is 623. The van der Waals surface area contributed by atoms with Gasteiger partial charge in [0, 0.05) is 24.6 Å². The zero-order valence-corrected chi connectivity index (χ0v) is 11.0. The van der Waals surface area contributed by atoms with Crippen LogP contribution in [-0.4, -0.2) is 58.9 Å². The van der Waals surface area contributed by atoms with E-state index in [4.69, 9.17) is 9.84 Å². The number of aliphatic carboxylic acids is 1. The number of nitrogens with one attached hydrogen (secondary N) is 1. The Morgan fingerprint density at radius 3 is 2.95 bits per heavy atom. The van der Waals surface area contributed by atoms with Gasteiger partial charge in [0.25, 0.3) is 5.91 Å². The van der Waals surface area contributed by atoms with E-state index in [0.29, 0.717) is 5.56 Å². The number of aromatic nitrogens is 2.